The summed E-state index contributed by atoms with van der Waals surface area (Å²) in [6.45, 7) is 1.84. The van der Waals surface area contributed by atoms with Crippen LogP contribution in [-0.4, -0.2) is 51.0 Å². The molecule has 3 saturated carbocycles. The summed E-state index contributed by atoms with van der Waals surface area (Å²) < 4.78 is 66.6. The number of rotatable bonds is 7. The van der Waals surface area contributed by atoms with E-state index in [9.17, 15) is 17.6 Å². The van der Waals surface area contributed by atoms with Gasteiger partial charge >= 0.3 is 5.97 Å². The Morgan fingerprint density at radius 3 is 2.41 bits per heavy atom. The maximum absolute atomic E-state index is 16.4. The molecule has 3 aliphatic carbocycles. The van der Waals surface area contributed by atoms with Crippen molar-refractivity contribution in [3.63, 3.8) is 0 Å². The summed E-state index contributed by atoms with van der Waals surface area (Å²) in [7, 11) is -1.03. The lowest BCUT2D eigenvalue weighted by molar-refractivity contribution is -0.152. The predicted molar refractivity (Wildman–Crippen MR) is 167 cm³/mol. The fourth-order valence-corrected chi connectivity index (χ4v) is 8.35. The molecule has 3 aliphatic rings. The summed E-state index contributed by atoms with van der Waals surface area (Å²) in [5.41, 5.74) is 1.42. The number of halogens is 2. The van der Waals surface area contributed by atoms with Crippen molar-refractivity contribution in [2.24, 2.45) is 24.8 Å². The zero-order valence-electron chi connectivity index (χ0n) is 25.4. The molecule has 4 heterocycles. The highest BCUT2D eigenvalue weighted by Crippen LogP contribution is 2.47. The minimum Gasteiger partial charge on any atom is -0.469 e. The number of nitrogens with zero attached hydrogens (tertiary/aromatic N) is 5. The van der Waals surface area contributed by atoms with Crippen LogP contribution >= 0.6 is 0 Å². The number of aryl methyl sites for hydroxylation is 2. The average molecular weight is 647 g/mol. The highest BCUT2D eigenvalue weighted by Gasteiger charge is 2.48. The molecule has 2 unspecified atom stereocenters. The van der Waals surface area contributed by atoms with Crippen molar-refractivity contribution >= 4 is 32.8 Å². The normalized spacial score (nSPS) is 21.1. The Balaban J connectivity index is 1.42. The van der Waals surface area contributed by atoms with Crippen molar-refractivity contribution in [2.45, 2.75) is 43.5 Å². The summed E-state index contributed by atoms with van der Waals surface area (Å²) in [6, 6.07) is 8.76. The van der Waals surface area contributed by atoms with Gasteiger partial charge in [0.2, 0.25) is 0 Å². The molecule has 46 heavy (non-hydrogen) atoms. The second-order valence-electron chi connectivity index (χ2n) is 12.2. The molecule has 2 bridgehead atoms. The number of hydrogen-bond donors (Lipinski definition) is 1. The van der Waals surface area contributed by atoms with Crippen molar-refractivity contribution < 1.29 is 26.7 Å². The van der Waals surface area contributed by atoms with E-state index in [1.165, 1.54) is 25.4 Å². The molecule has 8 rings (SSSR count). The Morgan fingerprint density at radius 2 is 1.74 bits per heavy atom. The molecule has 0 spiro atoms. The topological polar surface area (TPSA) is 121 Å². The van der Waals surface area contributed by atoms with E-state index in [0.29, 0.717) is 5.56 Å². The van der Waals surface area contributed by atoms with Crippen molar-refractivity contribution in [2.75, 3.05) is 12.4 Å². The van der Waals surface area contributed by atoms with Crippen molar-refractivity contribution in [3.8, 4) is 22.6 Å². The van der Waals surface area contributed by atoms with Gasteiger partial charge in [-0.25, -0.2) is 36.1 Å². The van der Waals surface area contributed by atoms with Crippen LogP contribution in [0.5, 0.6) is 0 Å². The largest absolute Gasteiger partial charge is 0.469 e. The fourth-order valence-electron chi connectivity index (χ4n) is 7.03. The minimum atomic E-state index is -4.18. The average Bonchev–Trinajstić information content (AvgIpc) is 3.66. The summed E-state index contributed by atoms with van der Waals surface area (Å²) in [4.78, 5) is 26.2. The molecular weight excluding hydrogens is 614 g/mol. The molecule has 3 fully saturated rings. The number of ether oxygens (including phenoxy) is 1. The summed E-state index contributed by atoms with van der Waals surface area (Å²) in [5, 5.41) is 3.39. The van der Waals surface area contributed by atoms with Gasteiger partial charge in [-0.3, -0.25) is 4.79 Å². The SMILES string of the molecule is COC(=O)C1C2CCC(CC2)C1Nc1nc(-c2cn(S(=O)(=O)c3ccc(C)cc3)c3ncc(F)cc23)nc(-c2ccn(C)c2)c1F. The van der Waals surface area contributed by atoms with Gasteiger partial charge in [-0.05, 0) is 68.7 Å². The number of methoxy groups -OCH3 is 1. The van der Waals surface area contributed by atoms with E-state index in [0.717, 1.165) is 47.5 Å². The molecule has 4 aromatic heterocycles. The molecule has 0 aliphatic heterocycles. The van der Waals surface area contributed by atoms with Gasteiger partial charge in [-0.1, -0.05) is 17.7 Å². The predicted octanol–water partition coefficient (Wildman–Crippen LogP) is 5.71. The third-order valence-corrected chi connectivity index (χ3v) is 11.0. The van der Waals surface area contributed by atoms with Crippen LogP contribution in [0, 0.1) is 36.3 Å². The van der Waals surface area contributed by atoms with E-state index >= 15 is 4.39 Å². The van der Waals surface area contributed by atoms with E-state index in [1.807, 2.05) is 6.92 Å². The van der Waals surface area contributed by atoms with Gasteiger partial charge in [0.25, 0.3) is 10.0 Å². The molecule has 0 amide bonds. The van der Waals surface area contributed by atoms with Crippen molar-refractivity contribution in [1.29, 1.82) is 0 Å². The first-order valence-electron chi connectivity index (χ1n) is 15.1. The number of esters is 1. The number of aromatic nitrogens is 5. The summed E-state index contributed by atoms with van der Waals surface area (Å²) >= 11 is 0. The number of nitrogens with one attached hydrogen (secondary N) is 1. The van der Waals surface area contributed by atoms with Crippen LogP contribution in [-0.2, 0) is 26.6 Å². The zero-order chi connectivity index (χ0) is 32.3. The Hall–Kier alpha value is -4.65. The summed E-state index contributed by atoms with van der Waals surface area (Å²) in [6.07, 6.45) is 9.23. The Morgan fingerprint density at radius 1 is 1.02 bits per heavy atom. The highest BCUT2D eigenvalue weighted by molar-refractivity contribution is 7.90. The second-order valence-corrected chi connectivity index (χ2v) is 14.0. The molecule has 13 heteroatoms. The quantitative estimate of drug-likeness (QED) is 0.223. The number of carbonyl (C=O) groups is 1. The van der Waals surface area contributed by atoms with Crippen molar-refractivity contribution in [1.82, 2.24) is 23.5 Å². The first-order chi connectivity index (χ1) is 22.0. The van der Waals surface area contributed by atoms with Crippen LogP contribution in [0.4, 0.5) is 14.6 Å². The lowest BCUT2D eigenvalue weighted by Crippen LogP contribution is -2.52. The van der Waals surface area contributed by atoms with Crippen LogP contribution in [0.25, 0.3) is 33.7 Å². The molecule has 1 aromatic carbocycles. The standard InChI is InChI=1S/C33H32F2N6O4S/c1-18-4-10-23(11-5-18)46(43,44)41-17-25(24-14-22(34)15-36-32(24)41)30-38-29(21-12-13-40(2)16-21)27(35)31(39-30)37-28-20-8-6-19(7-9-20)26(28)33(42)45-3/h4-5,10-17,19-20,26,28H,6-9H2,1-3H3,(H,37,38,39). The molecule has 238 valence electrons. The number of carbonyl (C=O) groups excluding carboxylic acids is 1. The number of anilines is 1. The number of hydrogen-bond acceptors (Lipinski definition) is 8. The fraction of sp³-hybridized carbons (Fsp3) is 0.333. The monoisotopic (exact) mass is 646 g/mol. The second kappa shape index (κ2) is 11.3. The zero-order valence-corrected chi connectivity index (χ0v) is 26.3. The lowest BCUT2D eigenvalue weighted by Gasteiger charge is -2.47. The van der Waals surface area contributed by atoms with E-state index in [2.05, 4.69) is 20.3 Å². The van der Waals surface area contributed by atoms with Crippen LogP contribution in [0.2, 0.25) is 0 Å². The van der Waals surface area contributed by atoms with E-state index in [1.54, 1.807) is 42.2 Å². The van der Waals surface area contributed by atoms with E-state index in [4.69, 9.17) is 4.74 Å². The van der Waals surface area contributed by atoms with Gasteiger partial charge in [0.1, 0.15) is 11.5 Å². The van der Waals surface area contributed by atoms with Gasteiger partial charge < -0.3 is 14.6 Å². The first kappa shape index (κ1) is 30.0. The van der Waals surface area contributed by atoms with Gasteiger partial charge in [-0.2, -0.15) is 0 Å². The van der Waals surface area contributed by atoms with Gasteiger partial charge in [0.15, 0.2) is 23.1 Å². The minimum absolute atomic E-state index is 0.0150. The Bertz CT molecular complexity index is 2090. The van der Waals surface area contributed by atoms with Crippen LogP contribution in [0.3, 0.4) is 0 Å². The number of fused-ring (bicyclic) bond motifs is 4. The van der Waals surface area contributed by atoms with E-state index in [-0.39, 0.29) is 56.6 Å². The molecule has 5 aromatic rings. The number of benzene rings is 1. The molecule has 10 nitrogen and oxygen atoms in total. The number of pyridine rings is 1. The van der Waals surface area contributed by atoms with Crippen LogP contribution in [0.1, 0.15) is 31.2 Å². The smallest absolute Gasteiger partial charge is 0.311 e. The third kappa shape index (κ3) is 5.02. The molecular formula is C33H32F2N6O4S. The molecule has 2 atom stereocenters. The molecule has 0 radical (unpaired) electrons. The molecule has 1 N–H and O–H groups in total. The summed E-state index contributed by atoms with van der Waals surface area (Å²) in [5.74, 6) is -2.21. The maximum atomic E-state index is 16.4. The molecule has 0 saturated heterocycles. The van der Waals surface area contributed by atoms with Gasteiger partial charge in [0.05, 0.1) is 24.1 Å². The Labute approximate surface area is 264 Å². The first-order valence-corrected chi connectivity index (χ1v) is 16.5. The van der Waals surface area contributed by atoms with E-state index < -0.39 is 33.6 Å². The maximum Gasteiger partial charge on any atom is 0.311 e. The van der Waals surface area contributed by atoms with Gasteiger partial charge in [0, 0.05) is 48.2 Å². The Kier molecular flexibility index (Phi) is 7.38. The third-order valence-electron chi connectivity index (χ3n) is 9.35. The highest BCUT2D eigenvalue weighted by atomic mass is 32.2. The van der Waals surface area contributed by atoms with Gasteiger partial charge in [-0.15, -0.1) is 0 Å². The van der Waals surface area contributed by atoms with Crippen molar-refractivity contribution in [3.05, 3.63) is 78.4 Å². The lowest BCUT2D eigenvalue weighted by atomic mass is 9.61. The van der Waals surface area contributed by atoms with Crippen LogP contribution < -0.4 is 5.32 Å². The van der Waals surface area contributed by atoms with Crippen LogP contribution in [0.15, 0.2) is 66.1 Å².